The summed E-state index contributed by atoms with van der Waals surface area (Å²) >= 11 is 0. The molecular formula is C20H21N3O. The zero-order valence-electron chi connectivity index (χ0n) is 14.0. The first-order chi connectivity index (χ1) is 11.6. The Labute approximate surface area is 142 Å². The topological polar surface area (TPSA) is 38.1 Å². The molecule has 0 atom stereocenters. The third-order valence-electron chi connectivity index (χ3n) is 3.98. The van der Waals surface area contributed by atoms with Gasteiger partial charge in [-0.05, 0) is 61.9 Å². The molecule has 1 aromatic carbocycles. The molecule has 3 aromatic rings. The van der Waals surface area contributed by atoms with Gasteiger partial charge in [-0.3, -0.25) is 9.78 Å². The number of hydrogen-bond donors (Lipinski definition) is 0. The molecule has 3 rings (SSSR count). The highest BCUT2D eigenvalue weighted by Gasteiger charge is 2.19. The van der Waals surface area contributed by atoms with Crippen LogP contribution in [0.3, 0.4) is 0 Å². The number of aromatic nitrogens is 2. The van der Waals surface area contributed by atoms with Gasteiger partial charge in [-0.2, -0.15) is 0 Å². The van der Waals surface area contributed by atoms with Crippen molar-refractivity contribution >= 4 is 5.91 Å². The van der Waals surface area contributed by atoms with Gasteiger partial charge in [0.15, 0.2) is 0 Å². The van der Waals surface area contributed by atoms with Crippen molar-refractivity contribution in [2.45, 2.75) is 26.4 Å². The molecule has 24 heavy (non-hydrogen) atoms. The van der Waals surface area contributed by atoms with Crippen LogP contribution < -0.4 is 0 Å². The van der Waals surface area contributed by atoms with Gasteiger partial charge in [-0.25, -0.2) is 0 Å². The van der Waals surface area contributed by atoms with Gasteiger partial charge in [0.25, 0.3) is 5.91 Å². The van der Waals surface area contributed by atoms with E-state index >= 15 is 0 Å². The maximum absolute atomic E-state index is 12.9. The summed E-state index contributed by atoms with van der Waals surface area (Å²) < 4.78 is 2.02. The fraction of sp³-hybridized carbons (Fsp3) is 0.200. The van der Waals surface area contributed by atoms with Crippen molar-refractivity contribution in [1.82, 2.24) is 14.5 Å². The Hall–Kier alpha value is -2.88. The van der Waals surface area contributed by atoms with Gasteiger partial charge in [0.1, 0.15) is 0 Å². The second-order valence-electron chi connectivity index (χ2n) is 6.03. The molecule has 4 heteroatoms. The highest BCUT2D eigenvalue weighted by atomic mass is 16.2. The highest BCUT2D eigenvalue weighted by Crippen LogP contribution is 2.15. The lowest BCUT2D eigenvalue weighted by atomic mass is 10.1. The van der Waals surface area contributed by atoms with Crippen molar-refractivity contribution in [3.05, 3.63) is 84.4 Å². The lowest BCUT2D eigenvalue weighted by molar-refractivity contribution is 0.0690. The van der Waals surface area contributed by atoms with E-state index in [-0.39, 0.29) is 11.9 Å². The predicted octanol–water partition coefficient (Wildman–Crippen LogP) is 3.92. The van der Waals surface area contributed by atoms with E-state index in [1.54, 1.807) is 12.4 Å². The van der Waals surface area contributed by atoms with Gasteiger partial charge in [-0.15, -0.1) is 0 Å². The minimum absolute atomic E-state index is 0.0351. The number of benzene rings is 1. The van der Waals surface area contributed by atoms with E-state index < -0.39 is 0 Å². The largest absolute Gasteiger partial charge is 0.332 e. The molecule has 0 fully saturated rings. The minimum atomic E-state index is 0.0351. The van der Waals surface area contributed by atoms with E-state index in [1.807, 2.05) is 84.2 Å². The first-order valence-electron chi connectivity index (χ1n) is 8.08. The van der Waals surface area contributed by atoms with Gasteiger partial charge in [-0.1, -0.05) is 6.07 Å². The van der Waals surface area contributed by atoms with Gasteiger partial charge in [0.2, 0.25) is 0 Å². The Kier molecular flexibility index (Phi) is 4.75. The van der Waals surface area contributed by atoms with E-state index in [1.165, 1.54) is 0 Å². The van der Waals surface area contributed by atoms with E-state index in [2.05, 4.69) is 4.98 Å². The van der Waals surface area contributed by atoms with Crippen LogP contribution in [0.2, 0.25) is 0 Å². The molecule has 0 saturated heterocycles. The van der Waals surface area contributed by atoms with E-state index in [9.17, 15) is 4.79 Å². The third kappa shape index (κ3) is 3.54. The number of amides is 1. The summed E-state index contributed by atoms with van der Waals surface area (Å²) in [4.78, 5) is 18.9. The second kappa shape index (κ2) is 7.13. The van der Waals surface area contributed by atoms with Crippen LogP contribution in [0.15, 0.2) is 73.3 Å². The molecule has 0 spiro atoms. The van der Waals surface area contributed by atoms with Crippen LogP contribution in [0.4, 0.5) is 0 Å². The molecule has 1 amide bonds. The normalized spacial score (nSPS) is 10.8. The maximum atomic E-state index is 12.9. The minimum Gasteiger partial charge on any atom is -0.332 e. The Bertz CT molecular complexity index is 778. The average Bonchev–Trinajstić information content (AvgIpc) is 3.14. The summed E-state index contributed by atoms with van der Waals surface area (Å²) in [5.74, 6) is 0.0351. The maximum Gasteiger partial charge on any atom is 0.254 e. The monoisotopic (exact) mass is 319 g/mol. The summed E-state index contributed by atoms with van der Waals surface area (Å²) in [5.41, 5.74) is 2.77. The summed E-state index contributed by atoms with van der Waals surface area (Å²) in [6.45, 7) is 4.62. The zero-order valence-corrected chi connectivity index (χ0v) is 14.0. The Morgan fingerprint density at radius 3 is 2.38 bits per heavy atom. The second-order valence-corrected chi connectivity index (χ2v) is 6.03. The molecule has 0 N–H and O–H groups in total. The Morgan fingerprint density at radius 1 is 1.08 bits per heavy atom. The number of rotatable bonds is 5. The lowest BCUT2D eigenvalue weighted by Crippen LogP contribution is -2.36. The van der Waals surface area contributed by atoms with E-state index in [0.29, 0.717) is 12.1 Å². The van der Waals surface area contributed by atoms with Gasteiger partial charge in [0, 0.05) is 48.6 Å². The molecule has 0 aliphatic carbocycles. The predicted molar refractivity (Wildman–Crippen MR) is 95.0 cm³/mol. The molecule has 4 nitrogen and oxygen atoms in total. The number of carbonyl (C=O) groups is 1. The van der Waals surface area contributed by atoms with Gasteiger partial charge >= 0.3 is 0 Å². The van der Waals surface area contributed by atoms with Crippen LogP contribution in [-0.4, -0.2) is 26.4 Å². The molecular weight excluding hydrogens is 298 g/mol. The van der Waals surface area contributed by atoms with Crippen LogP contribution in [0.1, 0.15) is 29.8 Å². The van der Waals surface area contributed by atoms with Crippen molar-refractivity contribution in [3.63, 3.8) is 0 Å². The molecule has 0 unspecified atom stereocenters. The Balaban J connectivity index is 1.80. The first-order valence-corrected chi connectivity index (χ1v) is 8.08. The quantitative estimate of drug-likeness (QED) is 0.715. The van der Waals surface area contributed by atoms with Crippen molar-refractivity contribution in [1.29, 1.82) is 0 Å². The summed E-state index contributed by atoms with van der Waals surface area (Å²) in [7, 11) is 0. The number of carbonyl (C=O) groups excluding carboxylic acids is 1. The van der Waals surface area contributed by atoms with Gasteiger partial charge in [0.05, 0.1) is 0 Å². The highest BCUT2D eigenvalue weighted by molar-refractivity contribution is 5.94. The third-order valence-corrected chi connectivity index (χ3v) is 3.98. The fourth-order valence-electron chi connectivity index (χ4n) is 2.63. The van der Waals surface area contributed by atoms with Gasteiger partial charge < -0.3 is 9.47 Å². The molecule has 0 aliphatic heterocycles. The van der Waals surface area contributed by atoms with Crippen LogP contribution in [-0.2, 0) is 6.54 Å². The average molecular weight is 319 g/mol. The standard InChI is InChI=1S/C20H21N3O/c1-16(2)23(15-17-6-5-11-21-14-17)20(24)18-7-9-19(10-8-18)22-12-3-4-13-22/h3-14,16H,15H2,1-2H3. The van der Waals surface area contributed by atoms with Crippen LogP contribution in [0.5, 0.6) is 0 Å². The molecule has 2 heterocycles. The number of hydrogen-bond acceptors (Lipinski definition) is 2. The molecule has 0 radical (unpaired) electrons. The summed E-state index contributed by atoms with van der Waals surface area (Å²) in [5, 5.41) is 0. The summed E-state index contributed by atoms with van der Waals surface area (Å²) in [6, 6.07) is 15.7. The van der Waals surface area contributed by atoms with E-state index in [4.69, 9.17) is 0 Å². The molecule has 0 bridgehead atoms. The van der Waals surface area contributed by atoms with Crippen LogP contribution in [0, 0.1) is 0 Å². The lowest BCUT2D eigenvalue weighted by Gasteiger charge is -2.27. The number of nitrogens with zero attached hydrogens (tertiary/aromatic N) is 3. The molecule has 0 aliphatic rings. The smallest absolute Gasteiger partial charge is 0.254 e. The zero-order chi connectivity index (χ0) is 16.9. The van der Waals surface area contributed by atoms with Crippen molar-refractivity contribution in [3.8, 4) is 5.69 Å². The van der Waals surface area contributed by atoms with Crippen LogP contribution in [0.25, 0.3) is 5.69 Å². The summed E-state index contributed by atoms with van der Waals surface area (Å²) in [6.07, 6.45) is 7.52. The number of pyridine rings is 1. The first kappa shape index (κ1) is 16.0. The van der Waals surface area contributed by atoms with E-state index in [0.717, 1.165) is 11.3 Å². The molecule has 122 valence electrons. The molecule has 0 saturated carbocycles. The van der Waals surface area contributed by atoms with Crippen molar-refractivity contribution < 1.29 is 4.79 Å². The van der Waals surface area contributed by atoms with Crippen molar-refractivity contribution in [2.75, 3.05) is 0 Å². The molecule has 2 aromatic heterocycles. The van der Waals surface area contributed by atoms with Crippen LogP contribution >= 0.6 is 0 Å². The fourth-order valence-corrected chi connectivity index (χ4v) is 2.63. The SMILES string of the molecule is CC(C)N(Cc1cccnc1)C(=O)c1ccc(-n2cccc2)cc1. The van der Waals surface area contributed by atoms with Crippen molar-refractivity contribution in [2.24, 2.45) is 0 Å². The Morgan fingerprint density at radius 2 is 1.79 bits per heavy atom.